The van der Waals surface area contributed by atoms with E-state index in [4.69, 9.17) is 23.2 Å². The summed E-state index contributed by atoms with van der Waals surface area (Å²) in [5, 5.41) is 9.42. The predicted octanol–water partition coefficient (Wildman–Crippen LogP) is 3.34. The average Bonchev–Trinajstić information content (AvgIpc) is 2.27. The lowest BCUT2D eigenvalue weighted by atomic mass is 10.0. The van der Waals surface area contributed by atoms with E-state index in [1.165, 1.54) is 12.1 Å². The van der Waals surface area contributed by atoms with E-state index >= 15 is 0 Å². The fraction of sp³-hybridized carbons (Fsp3) is 0.538. The first kappa shape index (κ1) is 17.7. The lowest BCUT2D eigenvalue weighted by Crippen LogP contribution is -2.43. The van der Waals surface area contributed by atoms with Crippen molar-refractivity contribution < 1.29 is 13.5 Å². The van der Waals surface area contributed by atoms with Gasteiger partial charge in [-0.05, 0) is 32.4 Å². The molecule has 0 heterocycles. The first-order valence-electron chi connectivity index (χ1n) is 6.26. The fourth-order valence-electron chi connectivity index (χ4n) is 2.02. The van der Waals surface area contributed by atoms with Crippen LogP contribution in [0.1, 0.15) is 39.2 Å². The van der Waals surface area contributed by atoms with Crippen molar-refractivity contribution in [3.63, 3.8) is 0 Å². The topological polar surface area (TPSA) is 66.4 Å². The molecular weight excluding hydrogens is 321 g/mol. The van der Waals surface area contributed by atoms with Gasteiger partial charge in [0.2, 0.25) is 10.0 Å². The van der Waals surface area contributed by atoms with Crippen LogP contribution in [0.25, 0.3) is 0 Å². The highest BCUT2D eigenvalue weighted by Crippen LogP contribution is 2.31. The molecule has 2 N–H and O–H groups in total. The zero-order valence-corrected chi connectivity index (χ0v) is 14.0. The largest absolute Gasteiger partial charge is 0.392 e. The number of nitrogens with one attached hydrogen (secondary N) is 1. The van der Waals surface area contributed by atoms with Crippen LogP contribution in [-0.2, 0) is 16.6 Å². The van der Waals surface area contributed by atoms with Gasteiger partial charge in [-0.1, -0.05) is 36.5 Å². The molecule has 114 valence electrons. The van der Waals surface area contributed by atoms with Gasteiger partial charge in [0.05, 0.1) is 11.6 Å². The molecule has 0 atom stereocenters. The molecule has 0 fully saturated rings. The molecule has 0 aromatic heterocycles. The summed E-state index contributed by atoms with van der Waals surface area (Å²) in [5.41, 5.74) is -0.361. The van der Waals surface area contributed by atoms with E-state index in [1.807, 2.05) is 20.8 Å². The molecule has 20 heavy (non-hydrogen) atoms. The monoisotopic (exact) mass is 339 g/mol. The smallest absolute Gasteiger partial charge is 0.242 e. The quantitative estimate of drug-likeness (QED) is 0.835. The molecule has 0 aliphatic heterocycles. The minimum absolute atomic E-state index is 0.0419. The molecule has 0 amide bonds. The molecule has 0 unspecified atom stereocenters. The van der Waals surface area contributed by atoms with Gasteiger partial charge in [-0.25, -0.2) is 13.1 Å². The Labute approximate surface area is 130 Å². The zero-order valence-electron chi connectivity index (χ0n) is 11.7. The van der Waals surface area contributed by atoms with Gasteiger partial charge in [0.25, 0.3) is 0 Å². The summed E-state index contributed by atoms with van der Waals surface area (Å²) in [4.78, 5) is -0.0724. The Morgan fingerprint density at radius 3 is 2.40 bits per heavy atom. The maximum absolute atomic E-state index is 12.4. The SMILES string of the molecule is CCCC(C)(C)NS(=O)(=O)c1ccc(Cl)c(CO)c1Cl. The number of hydrogen-bond acceptors (Lipinski definition) is 3. The van der Waals surface area contributed by atoms with Crippen molar-refractivity contribution in [1.29, 1.82) is 0 Å². The predicted molar refractivity (Wildman–Crippen MR) is 81.7 cm³/mol. The highest BCUT2D eigenvalue weighted by molar-refractivity contribution is 7.89. The van der Waals surface area contributed by atoms with Gasteiger partial charge in [0.15, 0.2) is 0 Å². The van der Waals surface area contributed by atoms with Gasteiger partial charge in [0.1, 0.15) is 4.90 Å². The van der Waals surface area contributed by atoms with Crippen LogP contribution in [0.15, 0.2) is 17.0 Å². The first-order chi connectivity index (χ1) is 9.14. The number of sulfonamides is 1. The van der Waals surface area contributed by atoms with Gasteiger partial charge in [-0.2, -0.15) is 0 Å². The molecule has 0 aliphatic rings. The summed E-state index contributed by atoms with van der Waals surface area (Å²) >= 11 is 11.9. The number of halogens is 2. The molecule has 0 bridgehead atoms. The Balaban J connectivity index is 3.24. The van der Waals surface area contributed by atoms with Crippen LogP contribution in [0.2, 0.25) is 10.0 Å². The van der Waals surface area contributed by atoms with E-state index in [2.05, 4.69) is 4.72 Å². The van der Waals surface area contributed by atoms with E-state index in [9.17, 15) is 13.5 Å². The van der Waals surface area contributed by atoms with Gasteiger partial charge >= 0.3 is 0 Å². The second kappa shape index (κ2) is 6.62. The summed E-state index contributed by atoms with van der Waals surface area (Å²) in [6.45, 7) is 5.18. The third-order valence-corrected chi connectivity index (χ3v) is 5.52. The highest BCUT2D eigenvalue weighted by Gasteiger charge is 2.28. The fourth-order valence-corrected chi connectivity index (χ4v) is 4.36. The molecular formula is C13H19Cl2NO3S. The molecule has 4 nitrogen and oxygen atoms in total. The van der Waals surface area contributed by atoms with Gasteiger partial charge in [-0.3, -0.25) is 0 Å². The van der Waals surface area contributed by atoms with E-state index < -0.39 is 22.2 Å². The van der Waals surface area contributed by atoms with Crippen LogP contribution in [0, 0.1) is 0 Å². The Morgan fingerprint density at radius 1 is 1.30 bits per heavy atom. The number of rotatable bonds is 6. The normalized spacial score (nSPS) is 12.7. The van der Waals surface area contributed by atoms with Crippen LogP contribution < -0.4 is 4.72 Å². The number of benzene rings is 1. The molecule has 0 saturated heterocycles. The third-order valence-electron chi connectivity index (χ3n) is 2.88. The van der Waals surface area contributed by atoms with Crippen LogP contribution >= 0.6 is 23.2 Å². The van der Waals surface area contributed by atoms with E-state index in [1.54, 1.807) is 0 Å². The van der Waals surface area contributed by atoms with E-state index in [-0.39, 0.29) is 20.5 Å². The van der Waals surface area contributed by atoms with Crippen LogP contribution in [0.4, 0.5) is 0 Å². The average molecular weight is 340 g/mol. The molecule has 1 rings (SSSR count). The summed E-state index contributed by atoms with van der Waals surface area (Å²) in [7, 11) is -3.77. The van der Waals surface area contributed by atoms with Gasteiger partial charge < -0.3 is 5.11 Å². The molecule has 0 radical (unpaired) electrons. The molecule has 1 aromatic carbocycles. The number of aliphatic hydroxyl groups is 1. The Hall–Kier alpha value is -0.330. The number of hydrogen-bond donors (Lipinski definition) is 2. The summed E-state index contributed by atoms with van der Waals surface area (Å²) in [6, 6.07) is 2.76. The van der Waals surface area contributed by atoms with Crippen LogP contribution in [0.5, 0.6) is 0 Å². The van der Waals surface area contributed by atoms with Gasteiger partial charge in [-0.15, -0.1) is 0 Å². The summed E-state index contributed by atoms with van der Waals surface area (Å²) in [6.07, 6.45) is 1.55. The maximum Gasteiger partial charge on any atom is 0.242 e. The second-order valence-electron chi connectivity index (χ2n) is 5.24. The summed E-state index contributed by atoms with van der Waals surface area (Å²) < 4.78 is 27.4. The van der Waals surface area contributed by atoms with Gasteiger partial charge in [0, 0.05) is 16.1 Å². The minimum atomic E-state index is -3.77. The summed E-state index contributed by atoms with van der Waals surface area (Å²) in [5.74, 6) is 0. The minimum Gasteiger partial charge on any atom is -0.392 e. The van der Waals surface area contributed by atoms with Crippen molar-refractivity contribution in [1.82, 2.24) is 4.72 Å². The number of aliphatic hydroxyl groups excluding tert-OH is 1. The molecule has 7 heteroatoms. The highest BCUT2D eigenvalue weighted by atomic mass is 35.5. The molecule has 0 aliphatic carbocycles. The van der Waals surface area contributed by atoms with Crippen molar-refractivity contribution in [3.8, 4) is 0 Å². The molecule has 0 saturated carbocycles. The first-order valence-corrected chi connectivity index (χ1v) is 8.50. The van der Waals surface area contributed by atoms with Crippen molar-refractivity contribution in [2.75, 3.05) is 0 Å². The van der Waals surface area contributed by atoms with E-state index in [0.717, 1.165) is 6.42 Å². The van der Waals surface area contributed by atoms with Crippen LogP contribution in [0.3, 0.4) is 0 Å². The van der Waals surface area contributed by atoms with Crippen molar-refractivity contribution in [2.24, 2.45) is 0 Å². The standard InChI is InChI=1S/C13H19Cl2NO3S/c1-4-7-13(2,3)16-20(18,19)11-6-5-10(14)9(8-17)12(11)15/h5-6,16-17H,4,7-8H2,1-3H3. The Kier molecular flexibility index (Phi) is 5.87. The lowest BCUT2D eigenvalue weighted by Gasteiger charge is -2.26. The van der Waals surface area contributed by atoms with E-state index in [0.29, 0.717) is 6.42 Å². The van der Waals surface area contributed by atoms with Crippen molar-refractivity contribution >= 4 is 33.2 Å². The van der Waals surface area contributed by atoms with Crippen molar-refractivity contribution in [3.05, 3.63) is 27.7 Å². The second-order valence-corrected chi connectivity index (χ2v) is 7.67. The van der Waals surface area contributed by atoms with Crippen LogP contribution in [-0.4, -0.2) is 19.1 Å². The third kappa shape index (κ3) is 4.09. The van der Waals surface area contributed by atoms with Crippen molar-refractivity contribution in [2.45, 2.75) is 50.7 Å². The molecule has 0 spiro atoms. The lowest BCUT2D eigenvalue weighted by molar-refractivity contribution is 0.281. The Morgan fingerprint density at radius 2 is 1.90 bits per heavy atom. The Bertz CT molecular complexity index is 586. The zero-order chi connectivity index (χ0) is 15.6. The molecule has 1 aromatic rings. The maximum atomic E-state index is 12.4.